The summed E-state index contributed by atoms with van der Waals surface area (Å²) in [5.74, 6) is 0.126. The number of anilines is 1. The van der Waals surface area contributed by atoms with E-state index in [0.29, 0.717) is 39.8 Å². The third kappa shape index (κ3) is 7.51. The maximum atomic E-state index is 13.0. The Hall–Kier alpha value is -5.84. The van der Waals surface area contributed by atoms with E-state index >= 15 is 0 Å². The first-order valence-electron chi connectivity index (χ1n) is 13.3. The Kier molecular flexibility index (Phi) is 10.2. The zero-order valence-corrected chi connectivity index (χ0v) is 24.8. The zero-order chi connectivity index (χ0) is 31.6. The van der Waals surface area contributed by atoms with Crippen LogP contribution in [0.15, 0.2) is 84.0 Å². The minimum absolute atomic E-state index is 0.240. The van der Waals surface area contributed by atoms with Gasteiger partial charge in [-0.15, -0.1) is 0 Å². The summed E-state index contributed by atoms with van der Waals surface area (Å²) >= 11 is 0. The smallest absolute Gasteiger partial charge is 0.343 e. The Morgan fingerprint density at radius 2 is 1.34 bits per heavy atom. The van der Waals surface area contributed by atoms with Crippen LogP contribution in [0.1, 0.15) is 42.2 Å². The van der Waals surface area contributed by atoms with Gasteiger partial charge in [0, 0.05) is 16.8 Å². The monoisotopic (exact) mass is 597 g/mol. The van der Waals surface area contributed by atoms with Gasteiger partial charge in [0.1, 0.15) is 0 Å². The van der Waals surface area contributed by atoms with Gasteiger partial charge in [0.25, 0.3) is 11.8 Å². The molecule has 0 aliphatic carbocycles. The van der Waals surface area contributed by atoms with Gasteiger partial charge in [-0.1, -0.05) is 23.8 Å². The molecule has 0 aliphatic rings. The number of aryl methyl sites for hydroxylation is 1. The number of carbonyl (C=O) groups is 3. The first-order valence-corrected chi connectivity index (χ1v) is 13.3. The van der Waals surface area contributed by atoms with Crippen LogP contribution in [0.2, 0.25) is 0 Å². The largest absolute Gasteiger partial charge is 0.493 e. The summed E-state index contributed by atoms with van der Waals surface area (Å²) in [6, 6.07) is 21.3. The van der Waals surface area contributed by atoms with Crippen LogP contribution in [0.25, 0.3) is 0 Å². The zero-order valence-electron chi connectivity index (χ0n) is 24.8. The Morgan fingerprint density at radius 1 is 0.659 bits per heavy atom. The van der Waals surface area contributed by atoms with E-state index < -0.39 is 17.8 Å². The highest BCUT2D eigenvalue weighted by Gasteiger charge is 2.18. The van der Waals surface area contributed by atoms with Gasteiger partial charge in [-0.25, -0.2) is 10.2 Å². The maximum absolute atomic E-state index is 13.0. The van der Waals surface area contributed by atoms with E-state index in [0.717, 1.165) is 5.56 Å². The molecule has 2 N–H and O–H groups in total. The summed E-state index contributed by atoms with van der Waals surface area (Å²) in [5.41, 5.74) is 5.41. The molecule has 0 spiro atoms. The van der Waals surface area contributed by atoms with Gasteiger partial charge in [0.05, 0.1) is 40.2 Å². The molecule has 0 fully saturated rings. The fourth-order valence-electron chi connectivity index (χ4n) is 4.08. The van der Waals surface area contributed by atoms with Crippen molar-refractivity contribution in [3.8, 4) is 28.7 Å². The molecule has 11 heteroatoms. The molecule has 0 saturated heterocycles. The summed E-state index contributed by atoms with van der Waals surface area (Å²) in [6.45, 7) is 1.93. The number of benzene rings is 4. The molecule has 226 valence electrons. The van der Waals surface area contributed by atoms with E-state index in [4.69, 9.17) is 23.7 Å². The van der Waals surface area contributed by atoms with Crippen LogP contribution in [0.3, 0.4) is 0 Å². The molecule has 4 rings (SSSR count). The lowest BCUT2D eigenvalue weighted by atomic mass is 10.1. The van der Waals surface area contributed by atoms with Gasteiger partial charge in [-0.05, 0) is 73.2 Å². The molecule has 0 bridgehead atoms. The van der Waals surface area contributed by atoms with Crippen molar-refractivity contribution in [2.45, 2.75) is 6.92 Å². The molecule has 0 radical (unpaired) electrons. The number of amides is 2. The molecule has 11 nitrogen and oxygen atoms in total. The number of hydrogen-bond acceptors (Lipinski definition) is 9. The SMILES string of the molecule is COc1cc(C=NNC(=O)c2cccc(NC(=O)c3cc(OC)c(OC)c(OC)c3)c2)ccc1OC(=O)c1ccc(C)cc1. The number of methoxy groups -OCH3 is 4. The van der Waals surface area contributed by atoms with Crippen LogP contribution >= 0.6 is 0 Å². The minimum atomic E-state index is -0.515. The van der Waals surface area contributed by atoms with Crippen molar-refractivity contribution in [1.82, 2.24) is 5.43 Å². The number of nitrogens with zero attached hydrogens (tertiary/aromatic N) is 1. The topological polar surface area (TPSA) is 134 Å². The Morgan fingerprint density at radius 3 is 1.98 bits per heavy atom. The first kappa shape index (κ1) is 31.1. The van der Waals surface area contributed by atoms with Crippen LogP contribution in [0, 0.1) is 6.92 Å². The maximum Gasteiger partial charge on any atom is 0.343 e. The van der Waals surface area contributed by atoms with Gasteiger partial charge in [0.15, 0.2) is 23.0 Å². The predicted molar refractivity (Wildman–Crippen MR) is 165 cm³/mol. The van der Waals surface area contributed by atoms with Crippen molar-refractivity contribution in [3.63, 3.8) is 0 Å². The highest BCUT2D eigenvalue weighted by molar-refractivity contribution is 6.06. The number of hydrazone groups is 1. The summed E-state index contributed by atoms with van der Waals surface area (Å²) < 4.78 is 26.8. The number of carbonyl (C=O) groups excluding carboxylic acids is 3. The Labute approximate surface area is 254 Å². The molecule has 0 heterocycles. The summed E-state index contributed by atoms with van der Waals surface area (Å²) in [5, 5.41) is 6.78. The van der Waals surface area contributed by atoms with E-state index in [1.165, 1.54) is 52.9 Å². The van der Waals surface area contributed by atoms with Crippen molar-refractivity contribution in [1.29, 1.82) is 0 Å². The molecule has 44 heavy (non-hydrogen) atoms. The average Bonchev–Trinajstić information content (AvgIpc) is 3.04. The lowest BCUT2D eigenvalue weighted by Crippen LogP contribution is -2.18. The van der Waals surface area contributed by atoms with E-state index in [1.54, 1.807) is 48.5 Å². The average molecular weight is 598 g/mol. The fraction of sp³-hybridized carbons (Fsp3) is 0.152. The van der Waals surface area contributed by atoms with Gasteiger partial charge in [0.2, 0.25) is 5.75 Å². The highest BCUT2D eigenvalue weighted by Crippen LogP contribution is 2.38. The summed E-state index contributed by atoms with van der Waals surface area (Å²) in [6.07, 6.45) is 1.42. The molecule has 0 unspecified atom stereocenters. The third-order valence-electron chi connectivity index (χ3n) is 6.37. The number of hydrogen-bond donors (Lipinski definition) is 2. The molecular weight excluding hydrogens is 566 g/mol. The quantitative estimate of drug-likeness (QED) is 0.103. The van der Waals surface area contributed by atoms with Gasteiger partial charge < -0.3 is 29.0 Å². The lowest BCUT2D eigenvalue weighted by Gasteiger charge is -2.14. The minimum Gasteiger partial charge on any atom is -0.493 e. The standard InChI is InChI=1S/C33H31N3O8/c1-20-9-12-22(13-10-20)33(39)44-26-14-11-21(15-27(26)40-2)19-34-36-32(38)23-7-6-8-25(16-23)35-31(37)24-17-28(41-3)30(43-5)29(18-24)42-4/h6-19H,1-5H3,(H,35,37)(H,36,38). The Balaban J connectivity index is 1.40. The van der Waals surface area contributed by atoms with E-state index in [1.807, 2.05) is 19.1 Å². The van der Waals surface area contributed by atoms with Crippen molar-refractivity contribution in [2.75, 3.05) is 33.8 Å². The molecule has 0 aromatic heterocycles. The van der Waals surface area contributed by atoms with Crippen LogP contribution in [0.4, 0.5) is 5.69 Å². The van der Waals surface area contributed by atoms with Crippen LogP contribution in [-0.2, 0) is 0 Å². The Bertz CT molecular complexity index is 1680. The molecule has 4 aromatic carbocycles. The molecular formula is C33H31N3O8. The van der Waals surface area contributed by atoms with Crippen LogP contribution < -0.4 is 34.4 Å². The first-order chi connectivity index (χ1) is 21.3. The molecule has 0 atom stereocenters. The van der Waals surface area contributed by atoms with Crippen molar-refractivity contribution >= 4 is 29.7 Å². The molecule has 0 aliphatic heterocycles. The number of rotatable bonds is 11. The number of nitrogens with one attached hydrogen (secondary N) is 2. The van der Waals surface area contributed by atoms with Crippen LogP contribution in [0.5, 0.6) is 28.7 Å². The second-order valence-corrected chi connectivity index (χ2v) is 9.31. The summed E-state index contributed by atoms with van der Waals surface area (Å²) in [7, 11) is 5.84. The second-order valence-electron chi connectivity index (χ2n) is 9.31. The van der Waals surface area contributed by atoms with E-state index in [9.17, 15) is 14.4 Å². The second kappa shape index (κ2) is 14.4. The van der Waals surface area contributed by atoms with Crippen molar-refractivity contribution in [3.05, 3.63) is 107 Å². The van der Waals surface area contributed by atoms with Crippen molar-refractivity contribution < 1.29 is 38.1 Å². The van der Waals surface area contributed by atoms with Gasteiger partial charge in [-0.3, -0.25) is 9.59 Å². The number of ether oxygens (including phenoxy) is 5. The predicted octanol–water partition coefficient (Wildman–Crippen LogP) is 5.26. The normalized spacial score (nSPS) is 10.6. The van der Waals surface area contributed by atoms with Gasteiger partial charge >= 0.3 is 5.97 Å². The molecule has 4 aromatic rings. The van der Waals surface area contributed by atoms with Gasteiger partial charge in [-0.2, -0.15) is 5.10 Å². The van der Waals surface area contributed by atoms with E-state index in [-0.39, 0.29) is 16.9 Å². The molecule has 0 saturated carbocycles. The third-order valence-corrected chi connectivity index (χ3v) is 6.37. The lowest BCUT2D eigenvalue weighted by molar-refractivity contribution is 0.0729. The fourth-order valence-corrected chi connectivity index (χ4v) is 4.08. The summed E-state index contributed by atoms with van der Waals surface area (Å²) in [4.78, 5) is 38.2. The van der Waals surface area contributed by atoms with E-state index in [2.05, 4.69) is 15.8 Å². The highest BCUT2D eigenvalue weighted by atomic mass is 16.6. The van der Waals surface area contributed by atoms with Crippen LogP contribution in [-0.4, -0.2) is 52.4 Å². The van der Waals surface area contributed by atoms with Crippen molar-refractivity contribution in [2.24, 2.45) is 5.10 Å². The molecule has 2 amide bonds. The number of esters is 1.